The predicted molar refractivity (Wildman–Crippen MR) is 48.9 cm³/mol. The summed E-state index contributed by atoms with van der Waals surface area (Å²) in [5.74, 6) is 0.0768. The number of carbonyl (C=O) groups excluding carboxylic acids is 1. The number of rotatable bonds is 4. The number of phosphoric ester groups is 1. The highest BCUT2D eigenvalue weighted by atomic mass is 31.2. The third kappa shape index (κ3) is 3.70. The molecule has 1 aromatic carbocycles. The lowest BCUT2D eigenvalue weighted by atomic mass is 10.2. The van der Waals surface area contributed by atoms with Crippen molar-refractivity contribution < 1.29 is 23.7 Å². The Hall–Kier alpha value is -1.16. The van der Waals surface area contributed by atoms with Crippen molar-refractivity contribution in [3.63, 3.8) is 0 Å². The molecule has 0 saturated heterocycles. The van der Waals surface area contributed by atoms with Crippen LogP contribution in [0.2, 0.25) is 0 Å². The van der Waals surface area contributed by atoms with E-state index in [2.05, 4.69) is 4.52 Å². The maximum atomic E-state index is 10.4. The lowest BCUT2D eigenvalue weighted by Crippen LogP contribution is -1.91. The molecule has 0 unspecified atom stereocenters. The summed E-state index contributed by atoms with van der Waals surface area (Å²) < 4.78 is 14.7. The summed E-state index contributed by atoms with van der Waals surface area (Å²) in [6, 6.07) is 5.94. The van der Waals surface area contributed by atoms with Crippen molar-refractivity contribution in [1.82, 2.24) is 0 Å². The van der Waals surface area contributed by atoms with Gasteiger partial charge >= 0.3 is 7.82 Å². The van der Waals surface area contributed by atoms with Gasteiger partial charge in [-0.3, -0.25) is 9.79 Å². The Balaban J connectivity index is 2.73. The summed E-state index contributed by atoms with van der Waals surface area (Å²) in [7, 11) is -4.49. The van der Waals surface area contributed by atoms with Crippen LogP contribution >= 0.6 is 7.82 Å². The Morgan fingerprint density at radius 2 is 1.86 bits per heavy atom. The molecule has 0 aliphatic carbocycles. The maximum Gasteiger partial charge on any atom is 0.524 e. The highest BCUT2D eigenvalue weighted by Crippen LogP contribution is 2.37. The quantitative estimate of drug-likeness (QED) is 0.577. The van der Waals surface area contributed by atoms with Crippen LogP contribution < -0.4 is 4.52 Å². The highest BCUT2D eigenvalue weighted by Gasteiger charge is 2.15. The third-order valence-electron chi connectivity index (χ3n) is 1.47. The smallest absolute Gasteiger partial charge is 0.404 e. The van der Waals surface area contributed by atoms with E-state index in [0.29, 0.717) is 0 Å². The molecule has 0 radical (unpaired) electrons. The van der Waals surface area contributed by atoms with Gasteiger partial charge in [0, 0.05) is 6.42 Å². The van der Waals surface area contributed by atoms with Crippen molar-refractivity contribution in [3.8, 4) is 5.75 Å². The first kappa shape index (κ1) is 10.9. The SMILES string of the molecule is O=CCc1ccc(OP(=O)(O)O)cc1. The number of aldehydes is 1. The van der Waals surface area contributed by atoms with Crippen molar-refractivity contribution in [2.24, 2.45) is 0 Å². The molecule has 0 spiro atoms. The first-order chi connectivity index (χ1) is 6.51. The normalized spacial score (nSPS) is 11.0. The summed E-state index contributed by atoms with van der Waals surface area (Å²) in [6.07, 6.45) is 1.02. The summed E-state index contributed by atoms with van der Waals surface area (Å²) in [5.41, 5.74) is 0.762. The van der Waals surface area contributed by atoms with Gasteiger partial charge in [-0.25, -0.2) is 4.57 Å². The van der Waals surface area contributed by atoms with Gasteiger partial charge in [-0.15, -0.1) is 0 Å². The fourth-order valence-electron chi connectivity index (χ4n) is 0.920. The van der Waals surface area contributed by atoms with Crippen LogP contribution in [0.15, 0.2) is 24.3 Å². The van der Waals surface area contributed by atoms with Crippen LogP contribution in [-0.2, 0) is 15.8 Å². The summed E-state index contributed by atoms with van der Waals surface area (Å²) >= 11 is 0. The van der Waals surface area contributed by atoms with Crippen LogP contribution in [0, 0.1) is 0 Å². The molecule has 0 atom stereocenters. The molecule has 5 nitrogen and oxygen atoms in total. The fourth-order valence-corrected chi connectivity index (χ4v) is 1.32. The monoisotopic (exact) mass is 216 g/mol. The molecule has 6 heteroatoms. The number of hydrogen-bond donors (Lipinski definition) is 2. The molecule has 14 heavy (non-hydrogen) atoms. The van der Waals surface area contributed by atoms with Gasteiger partial charge in [-0.2, -0.15) is 0 Å². The minimum atomic E-state index is -4.49. The van der Waals surface area contributed by atoms with E-state index in [9.17, 15) is 9.36 Å². The van der Waals surface area contributed by atoms with Crippen molar-refractivity contribution in [1.29, 1.82) is 0 Å². The molecule has 0 saturated carbocycles. The second-order valence-corrected chi connectivity index (χ2v) is 3.76. The van der Waals surface area contributed by atoms with E-state index in [-0.39, 0.29) is 12.2 Å². The van der Waals surface area contributed by atoms with Gasteiger partial charge in [0.1, 0.15) is 12.0 Å². The fraction of sp³-hybridized carbons (Fsp3) is 0.125. The van der Waals surface area contributed by atoms with E-state index in [1.54, 1.807) is 12.1 Å². The molecule has 1 rings (SSSR count). The van der Waals surface area contributed by atoms with Crippen LogP contribution in [0.5, 0.6) is 5.75 Å². The zero-order chi connectivity index (χ0) is 10.6. The van der Waals surface area contributed by atoms with Crippen molar-refractivity contribution in [2.45, 2.75) is 6.42 Å². The molecule has 2 N–H and O–H groups in total. The Labute approximate surface area is 80.6 Å². The average Bonchev–Trinajstić information content (AvgIpc) is 2.06. The summed E-state index contributed by atoms with van der Waals surface area (Å²) in [4.78, 5) is 27.1. The Kier molecular flexibility index (Phi) is 3.41. The number of carbonyl (C=O) groups is 1. The largest absolute Gasteiger partial charge is 0.524 e. The van der Waals surface area contributed by atoms with Gasteiger partial charge in [0.05, 0.1) is 0 Å². The zero-order valence-corrected chi connectivity index (χ0v) is 8.05. The Bertz CT molecular complexity index is 352. The zero-order valence-electron chi connectivity index (χ0n) is 7.16. The Morgan fingerprint density at radius 1 is 1.29 bits per heavy atom. The van der Waals surface area contributed by atoms with E-state index in [4.69, 9.17) is 9.79 Å². The predicted octanol–water partition coefficient (Wildman–Crippen LogP) is 0.899. The van der Waals surface area contributed by atoms with Gasteiger partial charge in [-0.1, -0.05) is 12.1 Å². The second kappa shape index (κ2) is 4.37. The van der Waals surface area contributed by atoms with Crippen molar-refractivity contribution in [2.75, 3.05) is 0 Å². The van der Waals surface area contributed by atoms with Crippen LogP contribution in [0.1, 0.15) is 5.56 Å². The lowest BCUT2D eigenvalue weighted by molar-refractivity contribution is -0.107. The van der Waals surface area contributed by atoms with Crippen molar-refractivity contribution >= 4 is 14.1 Å². The van der Waals surface area contributed by atoms with Gasteiger partial charge in [-0.05, 0) is 17.7 Å². The van der Waals surface area contributed by atoms with E-state index in [0.717, 1.165) is 11.8 Å². The van der Waals surface area contributed by atoms with E-state index >= 15 is 0 Å². The van der Waals surface area contributed by atoms with Crippen LogP contribution in [0.25, 0.3) is 0 Å². The number of benzene rings is 1. The molecule has 76 valence electrons. The topological polar surface area (TPSA) is 83.8 Å². The lowest BCUT2D eigenvalue weighted by Gasteiger charge is -2.06. The highest BCUT2D eigenvalue weighted by molar-refractivity contribution is 7.46. The van der Waals surface area contributed by atoms with E-state index in [1.807, 2.05) is 0 Å². The molecule has 1 aromatic rings. The summed E-state index contributed by atoms with van der Waals surface area (Å²) in [6.45, 7) is 0. The second-order valence-electron chi connectivity index (χ2n) is 2.60. The van der Waals surface area contributed by atoms with Gasteiger partial charge in [0.2, 0.25) is 0 Å². The molecule has 0 aromatic heterocycles. The first-order valence-electron chi connectivity index (χ1n) is 3.79. The minimum absolute atomic E-state index is 0.0768. The molecule has 0 bridgehead atoms. The third-order valence-corrected chi connectivity index (χ3v) is 1.92. The molecular weight excluding hydrogens is 207 g/mol. The van der Waals surface area contributed by atoms with E-state index in [1.165, 1.54) is 12.1 Å². The average molecular weight is 216 g/mol. The minimum Gasteiger partial charge on any atom is -0.404 e. The number of phosphoric acid groups is 1. The standard InChI is InChI=1S/C8H9O5P/c9-6-5-7-1-3-8(4-2-7)13-14(10,11)12/h1-4,6H,5H2,(H2,10,11,12). The van der Waals surface area contributed by atoms with E-state index < -0.39 is 7.82 Å². The maximum absolute atomic E-state index is 10.4. The van der Waals surface area contributed by atoms with Gasteiger partial charge < -0.3 is 9.32 Å². The molecular formula is C8H9O5P. The molecule has 0 amide bonds. The van der Waals surface area contributed by atoms with Crippen LogP contribution in [0.4, 0.5) is 0 Å². The summed E-state index contributed by atoms with van der Waals surface area (Å²) in [5, 5.41) is 0. The van der Waals surface area contributed by atoms with Crippen LogP contribution in [0.3, 0.4) is 0 Å². The first-order valence-corrected chi connectivity index (χ1v) is 5.32. The van der Waals surface area contributed by atoms with Crippen LogP contribution in [-0.4, -0.2) is 16.1 Å². The molecule has 0 aliphatic heterocycles. The molecule has 0 fully saturated rings. The molecule has 0 heterocycles. The van der Waals surface area contributed by atoms with Gasteiger partial charge in [0.15, 0.2) is 0 Å². The van der Waals surface area contributed by atoms with Crippen molar-refractivity contribution in [3.05, 3.63) is 29.8 Å². The van der Waals surface area contributed by atoms with Gasteiger partial charge in [0.25, 0.3) is 0 Å². The molecule has 0 aliphatic rings. The number of hydrogen-bond acceptors (Lipinski definition) is 3. The Morgan fingerprint density at radius 3 is 2.29 bits per heavy atom.